The molecule has 0 spiro atoms. The zero-order valence-electron chi connectivity index (χ0n) is 18.6. The predicted molar refractivity (Wildman–Crippen MR) is 136 cm³/mol. The lowest BCUT2D eigenvalue weighted by Crippen LogP contribution is -2.33. The molecule has 174 valence electrons. The monoisotopic (exact) mass is 520 g/mol. The molecule has 0 fully saturated rings. The van der Waals surface area contributed by atoms with E-state index in [1.165, 1.54) is 33.5 Å². The van der Waals surface area contributed by atoms with Gasteiger partial charge in [0.05, 0.1) is 23.3 Å². The van der Waals surface area contributed by atoms with E-state index < -0.39 is 0 Å². The van der Waals surface area contributed by atoms with Crippen LogP contribution >= 0.6 is 46.2 Å². The molecule has 0 aliphatic carbocycles. The third-order valence-electron chi connectivity index (χ3n) is 5.61. The van der Waals surface area contributed by atoms with Crippen molar-refractivity contribution in [1.82, 2.24) is 24.6 Å². The standard InChI is InChI=1S/C21H24N6O2S4/c1-4-7-31-19-24-17-15(12-9-21(3,5-2)29-10-13(12)33-17)16-25-26-20(27(16)19)32-11-14(28)23-18-22-6-8-30-18/h6,8H,4-5,7,9-11H2,1-3H3,(H,22,23,28)/t21-/m0/s1. The van der Waals surface area contributed by atoms with Crippen LogP contribution in [0.5, 0.6) is 0 Å². The smallest absolute Gasteiger partial charge is 0.236 e. The highest BCUT2D eigenvalue weighted by Gasteiger charge is 2.33. The molecule has 0 bridgehead atoms. The summed E-state index contributed by atoms with van der Waals surface area (Å²) >= 11 is 6.16. The summed E-state index contributed by atoms with van der Waals surface area (Å²) in [6.45, 7) is 7.09. The molecule has 12 heteroatoms. The molecular formula is C21H24N6O2S4. The minimum atomic E-state index is -0.181. The van der Waals surface area contributed by atoms with Crippen molar-refractivity contribution >= 4 is 73.1 Å². The van der Waals surface area contributed by atoms with Gasteiger partial charge in [0.1, 0.15) is 4.83 Å². The lowest BCUT2D eigenvalue weighted by atomic mass is 9.90. The summed E-state index contributed by atoms with van der Waals surface area (Å²) in [4.78, 5) is 23.8. The first-order chi connectivity index (χ1) is 16.0. The van der Waals surface area contributed by atoms with Gasteiger partial charge in [0, 0.05) is 28.6 Å². The van der Waals surface area contributed by atoms with Crippen molar-refractivity contribution in [3.63, 3.8) is 0 Å². The third kappa shape index (κ3) is 4.51. The molecule has 0 saturated carbocycles. The average Bonchev–Trinajstić information content (AvgIpc) is 3.54. The van der Waals surface area contributed by atoms with Gasteiger partial charge in [0.25, 0.3) is 0 Å². The van der Waals surface area contributed by atoms with Gasteiger partial charge < -0.3 is 10.1 Å². The fourth-order valence-corrected chi connectivity index (χ4v) is 7.03. The molecule has 1 amide bonds. The first kappa shape index (κ1) is 23.0. The van der Waals surface area contributed by atoms with Gasteiger partial charge in [-0.05, 0) is 25.3 Å². The highest BCUT2D eigenvalue weighted by Crippen LogP contribution is 2.42. The highest BCUT2D eigenvalue weighted by atomic mass is 32.2. The summed E-state index contributed by atoms with van der Waals surface area (Å²) in [6, 6.07) is 0. The van der Waals surface area contributed by atoms with Crippen LogP contribution in [0.15, 0.2) is 21.9 Å². The molecule has 1 atom stereocenters. The Balaban J connectivity index is 1.53. The van der Waals surface area contributed by atoms with E-state index in [2.05, 4.69) is 41.3 Å². The summed E-state index contributed by atoms with van der Waals surface area (Å²) < 4.78 is 8.20. The molecule has 4 aromatic rings. The van der Waals surface area contributed by atoms with Crippen molar-refractivity contribution in [2.45, 2.75) is 62.6 Å². The van der Waals surface area contributed by atoms with Gasteiger partial charge in [-0.25, -0.2) is 14.4 Å². The van der Waals surface area contributed by atoms with Crippen LogP contribution in [0.3, 0.4) is 0 Å². The van der Waals surface area contributed by atoms with Gasteiger partial charge in [-0.15, -0.1) is 32.9 Å². The number of amides is 1. The predicted octanol–water partition coefficient (Wildman–Crippen LogP) is 5.27. The fourth-order valence-electron chi connectivity index (χ4n) is 3.70. The Morgan fingerprint density at radius 1 is 1.30 bits per heavy atom. The Hall–Kier alpha value is -1.73. The molecule has 0 radical (unpaired) electrons. The Morgan fingerprint density at radius 3 is 2.94 bits per heavy atom. The quantitative estimate of drug-likeness (QED) is 0.248. The van der Waals surface area contributed by atoms with Crippen LogP contribution in [0, 0.1) is 0 Å². The molecule has 0 unspecified atom stereocenters. The number of nitrogens with one attached hydrogen (secondary N) is 1. The van der Waals surface area contributed by atoms with E-state index in [1.807, 2.05) is 9.78 Å². The number of carbonyl (C=O) groups excluding carboxylic acids is 1. The lowest BCUT2D eigenvalue weighted by molar-refractivity contribution is -0.113. The minimum Gasteiger partial charge on any atom is -0.369 e. The normalized spacial score (nSPS) is 18.2. The van der Waals surface area contributed by atoms with E-state index in [9.17, 15) is 4.79 Å². The molecule has 5 heterocycles. The zero-order valence-corrected chi connectivity index (χ0v) is 21.8. The first-order valence-electron chi connectivity index (χ1n) is 10.8. The van der Waals surface area contributed by atoms with E-state index in [1.54, 1.807) is 29.3 Å². The number of rotatable bonds is 8. The molecule has 8 nitrogen and oxygen atoms in total. The molecule has 1 aliphatic rings. The number of carbonyl (C=O) groups is 1. The number of thioether (sulfide) groups is 2. The molecule has 33 heavy (non-hydrogen) atoms. The van der Waals surface area contributed by atoms with E-state index >= 15 is 0 Å². The Morgan fingerprint density at radius 2 is 2.18 bits per heavy atom. The number of ether oxygens (including phenoxy) is 1. The van der Waals surface area contributed by atoms with Gasteiger partial charge in [0.2, 0.25) is 5.91 Å². The van der Waals surface area contributed by atoms with E-state index in [-0.39, 0.29) is 17.3 Å². The van der Waals surface area contributed by atoms with Crippen LogP contribution in [0.25, 0.3) is 15.9 Å². The van der Waals surface area contributed by atoms with Crippen LogP contribution in [-0.2, 0) is 22.6 Å². The van der Waals surface area contributed by atoms with Crippen molar-refractivity contribution < 1.29 is 9.53 Å². The topological polar surface area (TPSA) is 94.3 Å². The van der Waals surface area contributed by atoms with Crippen molar-refractivity contribution in [3.05, 3.63) is 22.0 Å². The van der Waals surface area contributed by atoms with Crippen molar-refractivity contribution in [2.75, 3.05) is 16.8 Å². The molecule has 4 aromatic heterocycles. The van der Waals surface area contributed by atoms with E-state index in [0.717, 1.165) is 46.0 Å². The highest BCUT2D eigenvalue weighted by molar-refractivity contribution is 8.00. The lowest BCUT2D eigenvalue weighted by Gasteiger charge is -2.33. The van der Waals surface area contributed by atoms with Gasteiger partial charge in [0.15, 0.2) is 21.1 Å². The first-order valence-corrected chi connectivity index (χ1v) is 14.5. The van der Waals surface area contributed by atoms with Gasteiger partial charge >= 0.3 is 0 Å². The Labute approximate surface area is 207 Å². The van der Waals surface area contributed by atoms with Crippen molar-refractivity contribution in [1.29, 1.82) is 0 Å². The van der Waals surface area contributed by atoms with Crippen molar-refractivity contribution in [3.8, 4) is 0 Å². The second kappa shape index (κ2) is 9.49. The van der Waals surface area contributed by atoms with E-state index in [4.69, 9.17) is 9.72 Å². The average molecular weight is 521 g/mol. The minimum absolute atomic E-state index is 0.118. The van der Waals surface area contributed by atoms with Crippen LogP contribution in [0.4, 0.5) is 5.13 Å². The van der Waals surface area contributed by atoms with Crippen LogP contribution < -0.4 is 5.32 Å². The van der Waals surface area contributed by atoms with E-state index in [0.29, 0.717) is 16.9 Å². The molecular weight excluding hydrogens is 497 g/mol. The maximum atomic E-state index is 12.4. The van der Waals surface area contributed by atoms with Gasteiger partial charge in [-0.3, -0.25) is 4.79 Å². The van der Waals surface area contributed by atoms with Crippen LogP contribution in [0.1, 0.15) is 44.1 Å². The number of nitrogens with zero attached hydrogens (tertiary/aromatic N) is 5. The second-order valence-electron chi connectivity index (χ2n) is 8.01. The summed E-state index contributed by atoms with van der Waals surface area (Å²) in [5.41, 5.74) is 1.92. The molecule has 1 aliphatic heterocycles. The maximum absolute atomic E-state index is 12.4. The van der Waals surface area contributed by atoms with Gasteiger partial charge in [-0.2, -0.15) is 0 Å². The van der Waals surface area contributed by atoms with Crippen molar-refractivity contribution in [2.24, 2.45) is 0 Å². The van der Waals surface area contributed by atoms with Gasteiger partial charge in [-0.1, -0.05) is 37.4 Å². The second-order valence-corrected chi connectivity index (χ2v) is 12.0. The summed E-state index contributed by atoms with van der Waals surface area (Å²) in [7, 11) is 0. The van der Waals surface area contributed by atoms with Crippen LogP contribution in [0.2, 0.25) is 0 Å². The molecule has 0 aromatic carbocycles. The summed E-state index contributed by atoms with van der Waals surface area (Å²) in [5, 5.41) is 16.9. The number of aromatic nitrogens is 5. The number of thiophene rings is 1. The zero-order chi connectivity index (χ0) is 23.0. The number of thiazole rings is 1. The third-order valence-corrected chi connectivity index (χ3v) is 9.48. The number of hydrogen-bond acceptors (Lipinski definition) is 10. The largest absolute Gasteiger partial charge is 0.369 e. The number of hydrogen-bond donors (Lipinski definition) is 1. The fraction of sp³-hybridized carbons (Fsp3) is 0.476. The molecule has 5 rings (SSSR count). The Kier molecular flexibility index (Phi) is 6.62. The van der Waals surface area contributed by atoms with Crippen LogP contribution in [-0.4, -0.2) is 47.6 Å². The summed E-state index contributed by atoms with van der Waals surface area (Å²) in [5.74, 6) is 1.05. The SMILES string of the molecule is CCCSc1nc2sc3c(c2c2nnc(SCC(=O)Nc4nccs4)n12)C[C@](C)(CC)OC3. The molecule has 1 N–H and O–H groups in total. The number of fused-ring (bicyclic) bond motifs is 5. The molecule has 0 saturated heterocycles. The number of anilines is 1. The maximum Gasteiger partial charge on any atom is 0.236 e. The summed E-state index contributed by atoms with van der Waals surface area (Å²) in [6.07, 6.45) is 4.49. The Bertz CT molecular complexity index is 1300.